The van der Waals surface area contributed by atoms with E-state index in [9.17, 15) is 14.4 Å². The van der Waals surface area contributed by atoms with Crippen molar-refractivity contribution >= 4 is 52.7 Å². The lowest BCUT2D eigenvalue weighted by molar-refractivity contribution is -0.136. The van der Waals surface area contributed by atoms with Crippen LogP contribution in [0.15, 0.2) is 47.6 Å². The molecule has 3 aliphatic heterocycles. The summed E-state index contributed by atoms with van der Waals surface area (Å²) in [7, 11) is 0. The van der Waals surface area contributed by atoms with Gasteiger partial charge in [0.05, 0.1) is 29.8 Å². The van der Waals surface area contributed by atoms with E-state index in [1.165, 1.54) is 18.2 Å². The van der Waals surface area contributed by atoms with Gasteiger partial charge in [0.25, 0.3) is 0 Å². The molecule has 5 rings (SSSR count). The van der Waals surface area contributed by atoms with Gasteiger partial charge >= 0.3 is 0 Å². The Balaban J connectivity index is 1.68. The maximum absolute atomic E-state index is 13.7. The molecule has 0 radical (unpaired) electrons. The van der Waals surface area contributed by atoms with Gasteiger partial charge in [-0.15, -0.1) is 0 Å². The smallest absolute Gasteiger partial charge is 0.240 e. The summed E-state index contributed by atoms with van der Waals surface area (Å²) < 4.78 is 0. The Labute approximate surface area is 195 Å². The van der Waals surface area contributed by atoms with E-state index in [1.807, 2.05) is 45.0 Å². The molecule has 0 aliphatic carbocycles. The Hall–Kier alpha value is -2.70. The summed E-state index contributed by atoms with van der Waals surface area (Å²) in [5, 5.41) is 6.86. The third-order valence-corrected chi connectivity index (χ3v) is 6.84. The molecule has 0 spiro atoms. The molecule has 3 heterocycles. The summed E-state index contributed by atoms with van der Waals surface area (Å²) in [6.45, 7) is 5.44. The molecule has 0 N–H and O–H groups in total. The second-order valence-corrected chi connectivity index (χ2v) is 10.3. The number of carbonyl (C=O) groups is 3. The van der Waals surface area contributed by atoms with Crippen LogP contribution in [0.1, 0.15) is 37.9 Å². The lowest BCUT2D eigenvalue weighted by Crippen LogP contribution is -2.48. The van der Waals surface area contributed by atoms with Crippen LogP contribution in [0.4, 0.5) is 5.69 Å². The summed E-state index contributed by atoms with van der Waals surface area (Å²) in [4.78, 5) is 42.1. The Morgan fingerprint density at radius 3 is 2.25 bits per heavy atom. The maximum atomic E-state index is 13.7. The number of hydrazone groups is 1. The number of hydrogen-bond donors (Lipinski definition) is 0. The van der Waals surface area contributed by atoms with Crippen LogP contribution >= 0.6 is 23.2 Å². The van der Waals surface area contributed by atoms with Crippen molar-refractivity contribution in [2.75, 3.05) is 4.90 Å². The number of halogens is 2. The monoisotopic (exact) mass is 469 g/mol. The predicted molar refractivity (Wildman–Crippen MR) is 123 cm³/mol. The number of imide groups is 1. The van der Waals surface area contributed by atoms with Crippen molar-refractivity contribution in [2.24, 2.45) is 22.4 Å². The van der Waals surface area contributed by atoms with Gasteiger partial charge in [0, 0.05) is 15.5 Å². The second kappa shape index (κ2) is 7.15. The van der Waals surface area contributed by atoms with E-state index in [0.717, 1.165) is 16.0 Å². The first kappa shape index (κ1) is 21.2. The van der Waals surface area contributed by atoms with E-state index in [2.05, 4.69) is 5.10 Å². The molecular formula is C24H21Cl2N3O3. The molecule has 0 unspecified atom stereocenters. The highest BCUT2D eigenvalue weighted by molar-refractivity contribution is 6.36. The van der Waals surface area contributed by atoms with Gasteiger partial charge in [-0.1, -0.05) is 68.2 Å². The number of benzene rings is 2. The SMILES string of the molecule is CC(C)(C)C(=O)[C@@H]1[C@@H]2C(=O)N(c3cc(Cl)cc(Cl)c3)C(=O)[C@@H]2[C@H]2c3ccccc3C=NN12. The van der Waals surface area contributed by atoms with E-state index < -0.39 is 35.2 Å². The molecule has 2 amide bonds. The minimum atomic E-state index is -0.847. The zero-order valence-corrected chi connectivity index (χ0v) is 19.3. The fraction of sp³-hybridized carbons (Fsp3) is 0.333. The molecule has 32 heavy (non-hydrogen) atoms. The molecule has 164 valence electrons. The van der Waals surface area contributed by atoms with Crippen molar-refractivity contribution in [1.82, 2.24) is 5.01 Å². The predicted octanol–water partition coefficient (Wildman–Crippen LogP) is 4.49. The highest BCUT2D eigenvalue weighted by Gasteiger charge is 2.66. The number of anilines is 1. The van der Waals surface area contributed by atoms with E-state index in [-0.39, 0.29) is 11.7 Å². The van der Waals surface area contributed by atoms with Crippen molar-refractivity contribution in [1.29, 1.82) is 0 Å². The van der Waals surface area contributed by atoms with Gasteiger partial charge in [-0.2, -0.15) is 5.10 Å². The number of nitrogens with zero attached hydrogens (tertiary/aromatic N) is 3. The first-order valence-corrected chi connectivity index (χ1v) is 11.1. The summed E-state index contributed by atoms with van der Waals surface area (Å²) in [5.41, 5.74) is 1.36. The highest BCUT2D eigenvalue weighted by Crippen LogP contribution is 2.53. The van der Waals surface area contributed by atoms with Gasteiger partial charge in [-0.3, -0.25) is 19.4 Å². The largest absolute Gasteiger partial charge is 0.297 e. The number of Topliss-reactive ketones (excluding diaryl/α,β-unsaturated/α-hetero) is 1. The molecule has 4 atom stereocenters. The molecule has 3 aliphatic rings. The van der Waals surface area contributed by atoms with Gasteiger partial charge < -0.3 is 0 Å². The van der Waals surface area contributed by atoms with Crippen molar-refractivity contribution in [3.05, 3.63) is 63.6 Å². The standard InChI is InChI=1S/C24H21Cl2N3O3/c1-24(2,3)21(30)20-18-17(19-16-7-5-4-6-12(16)11-27-29(19)20)22(31)28(23(18)32)15-9-13(25)8-14(26)10-15/h4-11,17-20H,1-3H3/t17-,18+,19+,20-/m0/s1. The minimum absolute atomic E-state index is 0.126. The molecule has 2 aromatic rings. The number of rotatable bonds is 2. The van der Waals surface area contributed by atoms with Crippen molar-refractivity contribution in [2.45, 2.75) is 32.9 Å². The molecule has 0 bridgehead atoms. The fourth-order valence-electron chi connectivity index (χ4n) is 5.03. The number of fused-ring (bicyclic) bond motifs is 5. The summed E-state index contributed by atoms with van der Waals surface area (Å²) in [5.74, 6) is -2.51. The highest BCUT2D eigenvalue weighted by atomic mass is 35.5. The molecule has 0 saturated carbocycles. The molecule has 8 heteroatoms. The van der Waals surface area contributed by atoms with Crippen molar-refractivity contribution in [3.63, 3.8) is 0 Å². The van der Waals surface area contributed by atoms with Gasteiger partial charge in [0.15, 0.2) is 5.78 Å². The Bertz CT molecular complexity index is 1180. The molecule has 2 aromatic carbocycles. The van der Waals surface area contributed by atoms with E-state index in [4.69, 9.17) is 23.2 Å². The average molecular weight is 470 g/mol. The van der Waals surface area contributed by atoms with E-state index in [0.29, 0.717) is 15.7 Å². The van der Waals surface area contributed by atoms with Crippen molar-refractivity contribution in [3.8, 4) is 0 Å². The van der Waals surface area contributed by atoms with Crippen LogP contribution < -0.4 is 4.90 Å². The number of carbonyl (C=O) groups excluding carboxylic acids is 3. The van der Waals surface area contributed by atoms with Crippen molar-refractivity contribution < 1.29 is 14.4 Å². The third-order valence-electron chi connectivity index (χ3n) is 6.41. The lowest BCUT2D eigenvalue weighted by Gasteiger charge is -2.35. The molecule has 6 nitrogen and oxygen atoms in total. The first-order chi connectivity index (χ1) is 15.1. The van der Waals surface area contributed by atoms with Crippen LogP contribution in [0.25, 0.3) is 0 Å². The van der Waals surface area contributed by atoms with Crippen LogP contribution in [0.2, 0.25) is 10.0 Å². The summed E-state index contributed by atoms with van der Waals surface area (Å²) in [6, 6.07) is 10.9. The van der Waals surface area contributed by atoms with E-state index >= 15 is 0 Å². The van der Waals surface area contributed by atoms with Gasteiger partial charge in [-0.05, 0) is 29.3 Å². The average Bonchev–Trinajstić information content (AvgIpc) is 3.19. The first-order valence-electron chi connectivity index (χ1n) is 10.4. The van der Waals surface area contributed by atoms with E-state index in [1.54, 1.807) is 11.2 Å². The Morgan fingerprint density at radius 1 is 0.969 bits per heavy atom. The van der Waals surface area contributed by atoms with Gasteiger partial charge in [0.1, 0.15) is 6.04 Å². The number of hydrogen-bond acceptors (Lipinski definition) is 5. The summed E-state index contributed by atoms with van der Waals surface area (Å²) in [6.07, 6.45) is 1.69. The van der Waals surface area contributed by atoms with Crippen LogP contribution in [0, 0.1) is 17.3 Å². The topological polar surface area (TPSA) is 70.0 Å². The molecular weight excluding hydrogens is 449 g/mol. The van der Waals surface area contributed by atoms with Crippen LogP contribution in [-0.4, -0.2) is 34.9 Å². The number of ketones is 1. The number of amides is 2. The maximum Gasteiger partial charge on any atom is 0.240 e. The Kier molecular flexibility index (Phi) is 4.73. The third kappa shape index (κ3) is 3.00. The zero-order valence-electron chi connectivity index (χ0n) is 17.8. The van der Waals surface area contributed by atoms with Crippen LogP contribution in [-0.2, 0) is 14.4 Å². The van der Waals surface area contributed by atoms with Crippen LogP contribution in [0.3, 0.4) is 0 Å². The second-order valence-electron chi connectivity index (χ2n) is 9.45. The normalized spacial score (nSPS) is 26.3. The fourth-order valence-corrected chi connectivity index (χ4v) is 5.55. The Morgan fingerprint density at radius 2 is 1.59 bits per heavy atom. The summed E-state index contributed by atoms with van der Waals surface area (Å²) >= 11 is 12.3. The zero-order chi connectivity index (χ0) is 22.9. The minimum Gasteiger partial charge on any atom is -0.297 e. The molecule has 2 saturated heterocycles. The van der Waals surface area contributed by atoms with Gasteiger partial charge in [-0.25, -0.2) is 4.90 Å². The van der Waals surface area contributed by atoms with Crippen LogP contribution in [0.5, 0.6) is 0 Å². The quantitative estimate of drug-likeness (QED) is 0.607. The lowest BCUT2D eigenvalue weighted by atomic mass is 9.79. The molecule has 2 fully saturated rings. The van der Waals surface area contributed by atoms with Gasteiger partial charge in [0.2, 0.25) is 11.8 Å². The molecule has 0 aromatic heterocycles.